The first-order valence-electron chi connectivity index (χ1n) is 7.56. The molecule has 0 aromatic carbocycles. The molecule has 0 amide bonds. The first kappa shape index (κ1) is 17.0. The van der Waals surface area contributed by atoms with Crippen molar-refractivity contribution in [2.45, 2.75) is 60.3 Å². The molecule has 0 fully saturated rings. The van der Waals surface area contributed by atoms with E-state index in [-0.39, 0.29) is 0 Å². The Hall–Kier alpha value is -0.0400. The summed E-state index contributed by atoms with van der Waals surface area (Å²) < 4.78 is 0. The van der Waals surface area contributed by atoms with Crippen LogP contribution in [0.1, 0.15) is 60.3 Å². The average Bonchev–Trinajstić information content (AvgIpc) is 2.25. The van der Waals surface area contributed by atoms with E-state index in [0.717, 1.165) is 23.7 Å². The molecule has 0 aliphatic heterocycles. The van der Waals surface area contributed by atoms with E-state index in [0.29, 0.717) is 0 Å². The van der Waals surface area contributed by atoms with Crippen molar-refractivity contribution in [2.24, 2.45) is 23.7 Å². The van der Waals surface area contributed by atoms with Gasteiger partial charge in [-0.15, -0.1) is 0 Å². The van der Waals surface area contributed by atoms with E-state index in [1.165, 1.54) is 32.2 Å². The third kappa shape index (κ3) is 7.08. The van der Waals surface area contributed by atoms with Gasteiger partial charge in [-0.1, -0.05) is 53.9 Å². The van der Waals surface area contributed by atoms with Crippen molar-refractivity contribution < 1.29 is 0 Å². The zero-order valence-electron chi connectivity index (χ0n) is 13.3. The van der Waals surface area contributed by atoms with Crippen molar-refractivity contribution in [3.63, 3.8) is 0 Å². The lowest BCUT2D eigenvalue weighted by Crippen LogP contribution is -2.30. The lowest BCUT2D eigenvalue weighted by molar-refractivity contribution is 0.175. The number of rotatable bonds is 9. The molecule has 0 saturated carbocycles. The molecule has 0 N–H and O–H groups in total. The molecule has 104 valence electrons. The van der Waals surface area contributed by atoms with Gasteiger partial charge in [0, 0.05) is 6.54 Å². The van der Waals surface area contributed by atoms with E-state index in [1.807, 2.05) is 0 Å². The first-order chi connectivity index (χ1) is 7.92. The second-order valence-corrected chi connectivity index (χ2v) is 6.42. The largest absolute Gasteiger partial charge is 0.309 e. The molecule has 0 radical (unpaired) electrons. The lowest BCUT2D eigenvalue weighted by atomic mass is 9.78. The van der Waals surface area contributed by atoms with Gasteiger partial charge in [0.2, 0.25) is 0 Å². The molecule has 0 rings (SSSR count). The van der Waals surface area contributed by atoms with Gasteiger partial charge in [0.1, 0.15) is 0 Å². The van der Waals surface area contributed by atoms with Gasteiger partial charge in [-0.3, -0.25) is 0 Å². The molecule has 0 saturated heterocycles. The van der Waals surface area contributed by atoms with Crippen LogP contribution in [0.2, 0.25) is 0 Å². The molecule has 0 heterocycles. The predicted octanol–water partition coefficient (Wildman–Crippen LogP) is 4.67. The molecule has 0 aliphatic rings. The van der Waals surface area contributed by atoms with Gasteiger partial charge in [0.05, 0.1) is 0 Å². The molecule has 3 atom stereocenters. The highest BCUT2D eigenvalue weighted by molar-refractivity contribution is 4.74. The fourth-order valence-electron chi connectivity index (χ4n) is 2.79. The summed E-state index contributed by atoms with van der Waals surface area (Å²) in [4.78, 5) is 2.36. The Morgan fingerprint density at radius 2 is 1.59 bits per heavy atom. The molecular weight excluding hydrogens is 206 g/mol. The van der Waals surface area contributed by atoms with Crippen molar-refractivity contribution in [3.05, 3.63) is 0 Å². The van der Waals surface area contributed by atoms with Crippen LogP contribution < -0.4 is 0 Å². The zero-order chi connectivity index (χ0) is 13.4. The summed E-state index contributed by atoms with van der Waals surface area (Å²) in [6.45, 7) is 13.1. The van der Waals surface area contributed by atoms with Gasteiger partial charge in [0.25, 0.3) is 0 Å². The number of hydrogen-bond donors (Lipinski definition) is 0. The molecule has 0 spiro atoms. The Morgan fingerprint density at radius 3 is 1.94 bits per heavy atom. The van der Waals surface area contributed by atoms with Crippen LogP contribution in [-0.2, 0) is 0 Å². The van der Waals surface area contributed by atoms with Crippen molar-refractivity contribution in [3.8, 4) is 0 Å². The van der Waals surface area contributed by atoms with Gasteiger partial charge in [-0.2, -0.15) is 0 Å². The van der Waals surface area contributed by atoms with Gasteiger partial charge in [-0.25, -0.2) is 0 Å². The maximum atomic E-state index is 2.44. The third-order valence-corrected chi connectivity index (χ3v) is 4.31. The van der Waals surface area contributed by atoms with Crippen molar-refractivity contribution in [1.29, 1.82) is 0 Å². The fourth-order valence-corrected chi connectivity index (χ4v) is 2.79. The Morgan fingerprint density at radius 1 is 1.00 bits per heavy atom. The molecule has 0 aromatic rings. The van der Waals surface area contributed by atoms with Crippen LogP contribution in [0.5, 0.6) is 0 Å². The minimum absolute atomic E-state index is 0.805. The molecule has 0 bridgehead atoms. The molecule has 17 heavy (non-hydrogen) atoms. The van der Waals surface area contributed by atoms with Gasteiger partial charge >= 0.3 is 0 Å². The molecule has 1 heteroatoms. The highest BCUT2D eigenvalue weighted by atomic mass is 15.1. The fraction of sp³-hybridized carbons (Fsp3) is 1.00. The molecule has 1 nitrogen and oxygen atoms in total. The minimum atomic E-state index is 0.805. The Balaban J connectivity index is 4.45. The van der Waals surface area contributed by atoms with Crippen molar-refractivity contribution >= 4 is 0 Å². The highest BCUT2D eigenvalue weighted by Gasteiger charge is 2.23. The Labute approximate surface area is 110 Å². The van der Waals surface area contributed by atoms with Crippen LogP contribution in [0.15, 0.2) is 0 Å². The predicted molar refractivity (Wildman–Crippen MR) is 79.4 cm³/mol. The molecule has 3 unspecified atom stereocenters. The van der Waals surface area contributed by atoms with Crippen molar-refractivity contribution in [2.75, 3.05) is 20.6 Å². The smallest absolute Gasteiger partial charge is 0.000631 e. The molecular formula is C16H35N. The van der Waals surface area contributed by atoms with E-state index in [9.17, 15) is 0 Å². The van der Waals surface area contributed by atoms with Crippen LogP contribution in [0.25, 0.3) is 0 Å². The Bertz CT molecular complexity index is 174. The first-order valence-corrected chi connectivity index (χ1v) is 7.56. The quantitative estimate of drug-likeness (QED) is 0.567. The summed E-state index contributed by atoms with van der Waals surface area (Å²) in [5.74, 6) is 3.44. The maximum Gasteiger partial charge on any atom is 0.000631 e. The topological polar surface area (TPSA) is 3.24 Å². The van der Waals surface area contributed by atoms with Crippen LogP contribution in [0.4, 0.5) is 0 Å². The number of nitrogens with zero attached hydrogens (tertiary/aromatic N) is 1. The normalized spacial score (nSPS) is 17.5. The molecule has 0 aromatic heterocycles. The summed E-state index contributed by atoms with van der Waals surface area (Å²) in [7, 11) is 4.42. The summed E-state index contributed by atoms with van der Waals surface area (Å²) in [6, 6.07) is 0. The standard InChI is InChI=1S/C16H35N/c1-8-10-15(9-2)11-16(12-17(6)7)14(5)13(3)4/h13-16H,8-12H2,1-7H3. The third-order valence-electron chi connectivity index (χ3n) is 4.31. The monoisotopic (exact) mass is 241 g/mol. The minimum Gasteiger partial charge on any atom is -0.309 e. The van der Waals surface area contributed by atoms with E-state index in [2.05, 4.69) is 53.6 Å². The van der Waals surface area contributed by atoms with Gasteiger partial charge in [-0.05, 0) is 44.2 Å². The Kier molecular flexibility index (Phi) is 8.94. The second-order valence-electron chi connectivity index (χ2n) is 6.42. The SMILES string of the molecule is CCCC(CC)CC(CN(C)C)C(C)C(C)C. The van der Waals surface area contributed by atoms with Gasteiger partial charge < -0.3 is 4.90 Å². The second kappa shape index (κ2) is 8.97. The van der Waals surface area contributed by atoms with E-state index in [4.69, 9.17) is 0 Å². The zero-order valence-corrected chi connectivity index (χ0v) is 13.3. The van der Waals surface area contributed by atoms with Crippen LogP contribution >= 0.6 is 0 Å². The number of hydrogen-bond acceptors (Lipinski definition) is 1. The molecule has 0 aliphatic carbocycles. The summed E-state index contributed by atoms with van der Waals surface area (Å²) in [6.07, 6.45) is 5.51. The van der Waals surface area contributed by atoms with E-state index in [1.54, 1.807) is 0 Å². The summed E-state index contributed by atoms with van der Waals surface area (Å²) in [5.41, 5.74) is 0. The van der Waals surface area contributed by atoms with Crippen molar-refractivity contribution in [1.82, 2.24) is 4.90 Å². The van der Waals surface area contributed by atoms with E-state index >= 15 is 0 Å². The lowest BCUT2D eigenvalue weighted by Gasteiger charge is -2.32. The maximum absolute atomic E-state index is 2.44. The van der Waals surface area contributed by atoms with Crippen LogP contribution in [0, 0.1) is 23.7 Å². The summed E-state index contributed by atoms with van der Waals surface area (Å²) in [5, 5.41) is 0. The highest BCUT2D eigenvalue weighted by Crippen LogP contribution is 2.30. The van der Waals surface area contributed by atoms with Crippen LogP contribution in [0.3, 0.4) is 0 Å². The summed E-state index contributed by atoms with van der Waals surface area (Å²) >= 11 is 0. The van der Waals surface area contributed by atoms with E-state index < -0.39 is 0 Å². The average molecular weight is 241 g/mol. The van der Waals surface area contributed by atoms with Gasteiger partial charge in [0.15, 0.2) is 0 Å². The van der Waals surface area contributed by atoms with Crippen LogP contribution in [-0.4, -0.2) is 25.5 Å².